The van der Waals surface area contributed by atoms with Crippen molar-refractivity contribution in [1.29, 1.82) is 0 Å². The van der Waals surface area contributed by atoms with Gasteiger partial charge in [-0.25, -0.2) is 4.98 Å². The second-order valence-corrected chi connectivity index (χ2v) is 6.09. The van der Waals surface area contributed by atoms with E-state index in [-0.39, 0.29) is 0 Å². The molecule has 100 valence electrons. The topological polar surface area (TPSA) is 29.7 Å². The summed E-state index contributed by atoms with van der Waals surface area (Å²) in [4.78, 5) is 8.53. The van der Waals surface area contributed by atoms with Crippen LogP contribution in [0.25, 0.3) is 11.3 Å². The molecule has 0 N–H and O–H groups in total. The van der Waals surface area contributed by atoms with Crippen molar-refractivity contribution in [3.63, 3.8) is 0 Å². The van der Waals surface area contributed by atoms with Crippen LogP contribution in [0, 0.1) is 6.92 Å². The second kappa shape index (κ2) is 5.99. The van der Waals surface area contributed by atoms with Gasteiger partial charge in [0.05, 0.1) is 16.4 Å². The summed E-state index contributed by atoms with van der Waals surface area (Å²) in [5.74, 6) is 0.869. The molecule has 2 rings (SSSR count). The summed E-state index contributed by atoms with van der Waals surface area (Å²) >= 11 is 14.0. The van der Waals surface area contributed by atoms with Crippen molar-refractivity contribution in [3.05, 3.63) is 39.1 Å². The maximum Gasteiger partial charge on any atom is 0.156 e. The monoisotopic (exact) mass is 313 g/mol. The van der Waals surface area contributed by atoms with Gasteiger partial charge in [-0.1, -0.05) is 30.1 Å². The zero-order valence-electron chi connectivity index (χ0n) is 10.7. The maximum absolute atomic E-state index is 6.29. The number of fused-ring (bicyclic) bond motifs is 1. The first-order valence-corrected chi connectivity index (χ1v) is 7.47. The molecule has 3 nitrogen and oxygen atoms in total. The second-order valence-electron chi connectivity index (χ2n) is 3.81. The summed E-state index contributed by atoms with van der Waals surface area (Å²) in [7, 11) is 0. The Bertz CT molecular complexity index is 661. The van der Waals surface area contributed by atoms with Gasteiger partial charge in [-0.2, -0.15) is 0 Å². The normalized spacial score (nSPS) is 12.6. The highest BCUT2D eigenvalue weighted by Gasteiger charge is 2.17. The molecule has 0 fully saturated rings. The number of halogens is 2. The van der Waals surface area contributed by atoms with Crippen LogP contribution in [0.4, 0.5) is 0 Å². The van der Waals surface area contributed by atoms with Crippen molar-refractivity contribution < 1.29 is 0 Å². The maximum atomic E-state index is 6.29. The van der Waals surface area contributed by atoms with Crippen LogP contribution in [0.5, 0.6) is 0 Å². The van der Waals surface area contributed by atoms with Gasteiger partial charge >= 0.3 is 0 Å². The Morgan fingerprint density at radius 1 is 1.58 bits per heavy atom. The Morgan fingerprint density at radius 2 is 2.32 bits per heavy atom. The van der Waals surface area contributed by atoms with Gasteiger partial charge in [0.25, 0.3) is 0 Å². The Hall–Kier alpha value is -0.970. The van der Waals surface area contributed by atoms with E-state index in [1.807, 2.05) is 30.5 Å². The van der Waals surface area contributed by atoms with Crippen molar-refractivity contribution in [3.8, 4) is 0 Å². The number of imidazole rings is 1. The number of rotatable bonds is 4. The SMILES string of the molecule is C=N/C(=C(/Cl)SCC)c1c(C)nc2c(Cl)cccn12. The zero-order chi connectivity index (χ0) is 14.0. The van der Waals surface area contributed by atoms with Crippen molar-refractivity contribution >= 4 is 53.0 Å². The van der Waals surface area contributed by atoms with Gasteiger partial charge in [-0.05, 0) is 31.5 Å². The summed E-state index contributed by atoms with van der Waals surface area (Å²) in [6.45, 7) is 7.55. The van der Waals surface area contributed by atoms with Crippen molar-refractivity contribution in [1.82, 2.24) is 9.38 Å². The number of pyridine rings is 1. The van der Waals surface area contributed by atoms with E-state index in [0.717, 1.165) is 17.1 Å². The average molecular weight is 314 g/mol. The molecule has 0 unspecified atom stereocenters. The van der Waals surface area contributed by atoms with E-state index in [0.29, 0.717) is 20.7 Å². The number of aromatic nitrogens is 2. The number of aliphatic imine (C=N–C) groups is 1. The zero-order valence-corrected chi connectivity index (χ0v) is 13.0. The summed E-state index contributed by atoms with van der Waals surface area (Å²) in [5.41, 5.74) is 2.99. The summed E-state index contributed by atoms with van der Waals surface area (Å²) in [6.07, 6.45) is 1.89. The predicted octanol–water partition coefficient (Wildman–Crippen LogP) is 4.61. The lowest BCUT2D eigenvalue weighted by Crippen LogP contribution is -1.94. The fourth-order valence-corrected chi connectivity index (χ4v) is 3.09. The standard InChI is InChI=1S/C13H13Cl2N3S/c1-4-19-12(15)10(16-3)11-8(2)17-13-9(14)6-5-7-18(11)13/h5-7H,3-4H2,1-2H3/b12-10-. The molecule has 2 heterocycles. The Morgan fingerprint density at radius 3 is 2.95 bits per heavy atom. The minimum atomic E-state index is 0.597. The van der Waals surface area contributed by atoms with E-state index in [2.05, 4.69) is 16.7 Å². The lowest BCUT2D eigenvalue weighted by Gasteiger charge is -2.06. The molecule has 0 spiro atoms. The Balaban J connectivity index is 2.74. The number of aryl methyl sites for hydroxylation is 1. The van der Waals surface area contributed by atoms with E-state index in [4.69, 9.17) is 23.2 Å². The van der Waals surface area contributed by atoms with Crippen LogP contribution in [0.1, 0.15) is 18.3 Å². The van der Waals surface area contributed by atoms with Gasteiger partial charge in [0.1, 0.15) is 10.1 Å². The summed E-state index contributed by atoms with van der Waals surface area (Å²) < 4.78 is 2.50. The van der Waals surface area contributed by atoms with Crippen LogP contribution >= 0.6 is 35.0 Å². The first-order valence-electron chi connectivity index (χ1n) is 5.73. The number of thioether (sulfide) groups is 1. The van der Waals surface area contributed by atoms with Crippen molar-refractivity contribution in [2.45, 2.75) is 13.8 Å². The first-order chi connectivity index (χ1) is 9.10. The number of hydrogen-bond acceptors (Lipinski definition) is 3. The predicted molar refractivity (Wildman–Crippen MR) is 85.4 cm³/mol. The Kier molecular flexibility index (Phi) is 4.55. The highest BCUT2D eigenvalue weighted by Crippen LogP contribution is 2.33. The molecule has 0 saturated heterocycles. The van der Waals surface area contributed by atoms with Gasteiger partial charge in [0.2, 0.25) is 0 Å². The lowest BCUT2D eigenvalue weighted by atomic mass is 10.3. The van der Waals surface area contributed by atoms with E-state index in [1.54, 1.807) is 6.07 Å². The molecular weight excluding hydrogens is 301 g/mol. The molecule has 0 amide bonds. The van der Waals surface area contributed by atoms with Crippen molar-refractivity contribution in [2.75, 3.05) is 5.75 Å². The fraction of sp³-hybridized carbons (Fsp3) is 0.231. The minimum absolute atomic E-state index is 0.597. The van der Waals surface area contributed by atoms with Gasteiger partial charge in [-0.3, -0.25) is 9.39 Å². The lowest BCUT2D eigenvalue weighted by molar-refractivity contribution is 1.14. The molecule has 0 radical (unpaired) electrons. The first kappa shape index (κ1) is 14.4. The van der Waals surface area contributed by atoms with Crippen LogP contribution in [0.2, 0.25) is 5.02 Å². The molecule has 0 aromatic carbocycles. The average Bonchev–Trinajstić information content (AvgIpc) is 2.70. The molecule has 0 bridgehead atoms. The molecule has 0 aliphatic rings. The molecule has 0 aliphatic heterocycles. The fourth-order valence-electron chi connectivity index (χ4n) is 1.86. The highest BCUT2D eigenvalue weighted by atomic mass is 35.5. The molecular formula is C13H13Cl2N3S. The van der Waals surface area contributed by atoms with Crippen LogP contribution < -0.4 is 0 Å². The van der Waals surface area contributed by atoms with Gasteiger partial charge in [0.15, 0.2) is 5.65 Å². The minimum Gasteiger partial charge on any atom is -0.297 e. The quantitative estimate of drug-likeness (QED) is 0.771. The van der Waals surface area contributed by atoms with Crippen LogP contribution in [-0.4, -0.2) is 21.9 Å². The summed E-state index contributed by atoms with van der Waals surface area (Å²) in [5, 5.41) is 0.597. The van der Waals surface area contributed by atoms with Gasteiger partial charge in [0, 0.05) is 6.20 Å². The van der Waals surface area contributed by atoms with E-state index in [1.165, 1.54) is 11.8 Å². The molecule has 0 aliphatic carbocycles. The van der Waals surface area contributed by atoms with Crippen molar-refractivity contribution in [2.24, 2.45) is 4.99 Å². The van der Waals surface area contributed by atoms with E-state index < -0.39 is 0 Å². The highest BCUT2D eigenvalue weighted by molar-refractivity contribution is 8.04. The summed E-state index contributed by atoms with van der Waals surface area (Å²) in [6, 6.07) is 3.67. The smallest absolute Gasteiger partial charge is 0.156 e. The van der Waals surface area contributed by atoms with Gasteiger partial charge < -0.3 is 0 Å². The van der Waals surface area contributed by atoms with Crippen LogP contribution in [-0.2, 0) is 0 Å². The molecule has 0 saturated carbocycles. The Labute approximate surface area is 126 Å². The third-order valence-corrected chi connectivity index (χ3v) is 4.15. The van der Waals surface area contributed by atoms with E-state index in [9.17, 15) is 0 Å². The molecule has 2 aromatic rings. The van der Waals surface area contributed by atoms with E-state index >= 15 is 0 Å². The number of hydrogen-bond donors (Lipinski definition) is 0. The van der Waals surface area contributed by atoms with Crippen LogP contribution in [0.15, 0.2) is 27.7 Å². The third kappa shape index (κ3) is 2.66. The number of nitrogens with zero attached hydrogens (tertiary/aromatic N) is 3. The van der Waals surface area contributed by atoms with Crippen LogP contribution in [0.3, 0.4) is 0 Å². The molecule has 0 atom stereocenters. The largest absolute Gasteiger partial charge is 0.297 e. The molecule has 6 heteroatoms. The molecule has 19 heavy (non-hydrogen) atoms. The van der Waals surface area contributed by atoms with Gasteiger partial charge in [-0.15, -0.1) is 11.8 Å². The molecule has 2 aromatic heterocycles. The third-order valence-electron chi connectivity index (χ3n) is 2.62.